The van der Waals surface area contributed by atoms with Gasteiger partial charge in [0.15, 0.2) is 5.96 Å². The first kappa shape index (κ1) is 25.7. The van der Waals surface area contributed by atoms with Gasteiger partial charge in [0.1, 0.15) is 12.3 Å². The highest BCUT2D eigenvalue weighted by Crippen LogP contribution is 2.17. The van der Waals surface area contributed by atoms with Crippen LogP contribution in [0.4, 0.5) is 0 Å². The predicted octanol–water partition coefficient (Wildman–Crippen LogP) is 1.30. The second-order valence-corrected chi connectivity index (χ2v) is 7.99. The fraction of sp³-hybridized carbons (Fsp3) is 0.636. The van der Waals surface area contributed by atoms with Crippen LogP contribution in [0.3, 0.4) is 0 Å². The average Bonchev–Trinajstić information content (AvgIpc) is 3.27. The van der Waals surface area contributed by atoms with Crippen molar-refractivity contribution in [2.75, 3.05) is 73.7 Å². The summed E-state index contributed by atoms with van der Waals surface area (Å²) in [6.45, 7) is 6.43. The number of aliphatic imine (C=N–C) groups is 1. The summed E-state index contributed by atoms with van der Waals surface area (Å²) >= 11 is 0. The Hall–Kier alpha value is -1.59. The quantitative estimate of drug-likeness (QED) is 0.317. The van der Waals surface area contributed by atoms with Crippen molar-refractivity contribution in [3.05, 3.63) is 29.8 Å². The molecule has 0 aromatic heterocycles. The minimum absolute atomic E-state index is 0. The van der Waals surface area contributed by atoms with Gasteiger partial charge in [-0.1, -0.05) is 12.1 Å². The summed E-state index contributed by atoms with van der Waals surface area (Å²) in [4.78, 5) is 23.1. The SMILES string of the molecule is COc1ccc(CCNC(=NCC(=O)N(C)C)N2CCC(N3CCOCC3)C2)cc1.I. The van der Waals surface area contributed by atoms with Crippen molar-refractivity contribution in [1.29, 1.82) is 0 Å². The van der Waals surface area contributed by atoms with Gasteiger partial charge in [-0.3, -0.25) is 9.69 Å². The van der Waals surface area contributed by atoms with Crippen LogP contribution in [0, 0.1) is 0 Å². The van der Waals surface area contributed by atoms with Crippen molar-refractivity contribution in [2.24, 2.45) is 4.99 Å². The highest BCUT2D eigenvalue weighted by molar-refractivity contribution is 14.0. The molecule has 8 nitrogen and oxygen atoms in total. The molecule has 1 N–H and O–H groups in total. The van der Waals surface area contributed by atoms with E-state index in [4.69, 9.17) is 9.47 Å². The standard InChI is InChI=1S/C22H35N5O3.HI/c1-25(2)21(28)16-24-22(23-10-8-18-4-6-20(29-3)7-5-18)27-11-9-19(17-27)26-12-14-30-15-13-26;/h4-7,19H,8-17H2,1-3H3,(H,23,24);1H. The molecule has 9 heteroatoms. The fourth-order valence-corrected chi connectivity index (χ4v) is 3.84. The lowest BCUT2D eigenvalue weighted by atomic mass is 10.1. The molecule has 2 saturated heterocycles. The van der Waals surface area contributed by atoms with Crippen molar-refractivity contribution in [3.63, 3.8) is 0 Å². The molecule has 0 saturated carbocycles. The number of ether oxygens (including phenoxy) is 2. The number of rotatable bonds is 7. The van der Waals surface area contributed by atoms with Crippen molar-refractivity contribution < 1.29 is 14.3 Å². The van der Waals surface area contributed by atoms with E-state index < -0.39 is 0 Å². The number of nitrogens with zero attached hydrogens (tertiary/aromatic N) is 4. The Bertz CT molecular complexity index is 708. The number of hydrogen-bond donors (Lipinski definition) is 1. The van der Waals surface area contributed by atoms with Gasteiger partial charge in [-0.05, 0) is 30.5 Å². The second-order valence-electron chi connectivity index (χ2n) is 7.99. The maximum Gasteiger partial charge on any atom is 0.243 e. The lowest BCUT2D eigenvalue weighted by molar-refractivity contribution is -0.127. The Morgan fingerprint density at radius 2 is 1.94 bits per heavy atom. The number of morpholine rings is 1. The Kier molecular flexibility index (Phi) is 10.8. The van der Waals surface area contributed by atoms with E-state index in [1.807, 2.05) is 12.1 Å². The third-order valence-corrected chi connectivity index (χ3v) is 5.74. The molecular weight excluding hydrogens is 509 g/mol. The molecule has 0 aliphatic carbocycles. The number of carbonyl (C=O) groups excluding carboxylic acids is 1. The predicted molar refractivity (Wildman–Crippen MR) is 133 cm³/mol. The number of methoxy groups -OCH3 is 1. The minimum Gasteiger partial charge on any atom is -0.497 e. The fourth-order valence-electron chi connectivity index (χ4n) is 3.84. The Labute approximate surface area is 203 Å². The third-order valence-electron chi connectivity index (χ3n) is 5.74. The van der Waals surface area contributed by atoms with Crippen molar-refractivity contribution >= 4 is 35.8 Å². The summed E-state index contributed by atoms with van der Waals surface area (Å²) in [6.07, 6.45) is 1.99. The van der Waals surface area contributed by atoms with Crippen LogP contribution in [0.15, 0.2) is 29.3 Å². The lowest BCUT2D eigenvalue weighted by Gasteiger charge is -2.32. The van der Waals surface area contributed by atoms with Gasteiger partial charge in [-0.2, -0.15) is 0 Å². The largest absolute Gasteiger partial charge is 0.497 e. The molecule has 1 atom stereocenters. The van der Waals surface area contributed by atoms with Gasteiger partial charge in [0.25, 0.3) is 0 Å². The molecule has 1 amide bonds. The molecule has 1 unspecified atom stereocenters. The number of guanidine groups is 1. The number of nitrogens with one attached hydrogen (secondary N) is 1. The van der Waals surface area contributed by atoms with Crippen LogP contribution in [0.2, 0.25) is 0 Å². The topological polar surface area (TPSA) is 69.6 Å². The van der Waals surface area contributed by atoms with Crippen LogP contribution in [0.1, 0.15) is 12.0 Å². The average molecular weight is 545 g/mol. The normalized spacial score (nSPS) is 19.6. The minimum atomic E-state index is 0. The van der Waals surface area contributed by atoms with Gasteiger partial charge in [-0.15, -0.1) is 24.0 Å². The Morgan fingerprint density at radius 1 is 1.23 bits per heavy atom. The zero-order valence-electron chi connectivity index (χ0n) is 18.9. The zero-order valence-corrected chi connectivity index (χ0v) is 21.2. The van der Waals surface area contributed by atoms with E-state index in [1.54, 1.807) is 26.1 Å². The van der Waals surface area contributed by atoms with E-state index in [0.29, 0.717) is 6.04 Å². The molecule has 0 bridgehead atoms. The molecule has 2 fully saturated rings. The van der Waals surface area contributed by atoms with Crippen LogP contribution in [-0.2, 0) is 16.0 Å². The zero-order chi connectivity index (χ0) is 21.3. The highest BCUT2D eigenvalue weighted by Gasteiger charge is 2.30. The lowest BCUT2D eigenvalue weighted by Crippen LogP contribution is -2.47. The number of hydrogen-bond acceptors (Lipinski definition) is 5. The third kappa shape index (κ3) is 7.80. The molecule has 1 aromatic rings. The van der Waals surface area contributed by atoms with Crippen LogP contribution >= 0.6 is 24.0 Å². The first-order valence-electron chi connectivity index (χ1n) is 10.7. The molecule has 2 heterocycles. The van der Waals surface area contributed by atoms with Crippen molar-refractivity contribution in [1.82, 2.24) is 20.0 Å². The van der Waals surface area contributed by atoms with Crippen molar-refractivity contribution in [2.45, 2.75) is 18.9 Å². The maximum atomic E-state index is 12.1. The number of amides is 1. The monoisotopic (exact) mass is 545 g/mol. The van der Waals surface area contributed by atoms with Gasteiger partial charge in [0.05, 0.1) is 20.3 Å². The summed E-state index contributed by atoms with van der Waals surface area (Å²) < 4.78 is 10.7. The summed E-state index contributed by atoms with van der Waals surface area (Å²) in [6, 6.07) is 8.64. The van der Waals surface area contributed by atoms with E-state index >= 15 is 0 Å². The second kappa shape index (κ2) is 13.1. The molecule has 2 aliphatic heterocycles. The number of likely N-dealkylation sites (tertiary alicyclic amines) is 1. The molecule has 1 aromatic carbocycles. The Balaban J connectivity index is 0.00000341. The summed E-state index contributed by atoms with van der Waals surface area (Å²) in [5, 5.41) is 3.49. The highest BCUT2D eigenvalue weighted by atomic mass is 127. The van der Waals surface area contributed by atoms with Crippen LogP contribution in [-0.4, -0.2) is 106 Å². The summed E-state index contributed by atoms with van der Waals surface area (Å²) in [5.41, 5.74) is 1.24. The smallest absolute Gasteiger partial charge is 0.243 e. The van der Waals surface area contributed by atoms with Crippen LogP contribution < -0.4 is 10.1 Å². The first-order valence-corrected chi connectivity index (χ1v) is 10.7. The molecular formula is C22H36IN5O3. The van der Waals surface area contributed by atoms with E-state index in [2.05, 4.69) is 32.2 Å². The van der Waals surface area contributed by atoms with E-state index in [0.717, 1.165) is 70.5 Å². The van der Waals surface area contributed by atoms with Gasteiger partial charge < -0.3 is 24.6 Å². The first-order chi connectivity index (χ1) is 14.6. The van der Waals surface area contributed by atoms with E-state index in [9.17, 15) is 4.79 Å². The van der Waals surface area contributed by atoms with Gasteiger partial charge in [0.2, 0.25) is 5.91 Å². The Morgan fingerprint density at radius 3 is 2.58 bits per heavy atom. The molecule has 0 radical (unpaired) electrons. The van der Waals surface area contributed by atoms with Gasteiger partial charge in [0, 0.05) is 52.9 Å². The van der Waals surface area contributed by atoms with Gasteiger partial charge in [-0.25, -0.2) is 4.99 Å². The molecule has 2 aliphatic rings. The van der Waals surface area contributed by atoms with E-state index in [1.165, 1.54) is 5.56 Å². The maximum absolute atomic E-state index is 12.1. The van der Waals surface area contributed by atoms with Crippen LogP contribution in [0.25, 0.3) is 0 Å². The number of halogens is 1. The number of benzene rings is 1. The number of carbonyl (C=O) groups is 1. The summed E-state index contributed by atoms with van der Waals surface area (Å²) in [5.74, 6) is 1.70. The molecule has 31 heavy (non-hydrogen) atoms. The molecule has 3 rings (SSSR count). The number of likely N-dealkylation sites (N-methyl/N-ethyl adjacent to an activating group) is 1. The molecule has 0 spiro atoms. The van der Waals surface area contributed by atoms with Crippen molar-refractivity contribution in [3.8, 4) is 5.75 Å². The van der Waals surface area contributed by atoms with Crippen LogP contribution in [0.5, 0.6) is 5.75 Å². The van der Waals surface area contributed by atoms with Gasteiger partial charge >= 0.3 is 0 Å². The van der Waals surface area contributed by atoms with E-state index in [-0.39, 0.29) is 36.4 Å². The summed E-state index contributed by atoms with van der Waals surface area (Å²) in [7, 11) is 5.20. The molecule has 174 valence electrons.